The molecule has 0 aliphatic heterocycles. The predicted molar refractivity (Wildman–Crippen MR) is 66.1 cm³/mol. The van der Waals surface area contributed by atoms with Gasteiger partial charge in [-0.05, 0) is 0 Å². The fourth-order valence-electron chi connectivity index (χ4n) is 2.29. The summed E-state index contributed by atoms with van der Waals surface area (Å²) in [5.41, 5.74) is 0. The van der Waals surface area contributed by atoms with E-state index in [1.54, 1.807) is 15.8 Å². The van der Waals surface area contributed by atoms with Crippen molar-refractivity contribution in [1.29, 1.82) is 0 Å². The van der Waals surface area contributed by atoms with Crippen LogP contribution in [0.2, 0.25) is 15.8 Å². The number of hydrogen-bond donors (Lipinski definition) is 0. The Morgan fingerprint density at radius 2 is 0.846 bits per heavy atom. The van der Waals surface area contributed by atoms with E-state index < -0.39 is 14.3 Å². The van der Waals surface area contributed by atoms with Gasteiger partial charge < -0.3 is 0 Å². The van der Waals surface area contributed by atoms with Crippen LogP contribution in [0.1, 0.15) is 41.5 Å². The Morgan fingerprint density at radius 3 is 1.00 bits per heavy atom. The van der Waals surface area contributed by atoms with Gasteiger partial charge in [0.1, 0.15) is 0 Å². The Hall–Kier alpha value is 0.543. The van der Waals surface area contributed by atoms with Crippen LogP contribution in [0.5, 0.6) is 0 Å². The van der Waals surface area contributed by atoms with E-state index in [9.17, 15) is 0 Å². The Morgan fingerprint density at radius 1 is 0.615 bits per heavy atom. The molecule has 0 fully saturated rings. The molecule has 0 aromatic carbocycles. The third-order valence-electron chi connectivity index (χ3n) is 2.41. The van der Waals surface area contributed by atoms with E-state index >= 15 is 0 Å². The fourth-order valence-corrected chi connectivity index (χ4v) is 11.9. The van der Waals surface area contributed by atoms with Gasteiger partial charge in [0.25, 0.3) is 0 Å². The van der Waals surface area contributed by atoms with Crippen LogP contribution in [0, 0.1) is 17.8 Å². The molecule has 0 radical (unpaired) electrons. The van der Waals surface area contributed by atoms with Crippen LogP contribution >= 0.6 is 0 Å². The summed E-state index contributed by atoms with van der Waals surface area (Å²) in [6, 6.07) is 0. The topological polar surface area (TPSA) is 0 Å². The molecule has 13 heavy (non-hydrogen) atoms. The monoisotopic (exact) mass is 246 g/mol. The van der Waals surface area contributed by atoms with Gasteiger partial charge in [-0.15, -0.1) is 0 Å². The summed E-state index contributed by atoms with van der Waals surface area (Å²) < 4.78 is 0. The molecule has 0 heterocycles. The Kier molecular flexibility index (Phi) is 7.21. The predicted octanol–water partition coefficient (Wildman–Crippen LogP) is 4.18. The van der Waals surface area contributed by atoms with Gasteiger partial charge in [-0.2, -0.15) is 0 Å². The molecule has 0 aromatic rings. The standard InChI is InChI=1S/C12H28Ge/c1-10(2)7-13(8-11(3)4)9-12(5)6/h10-13H,7-9H2,1-6H3. The second-order valence-corrected chi connectivity index (χ2v) is 12.4. The van der Waals surface area contributed by atoms with Crippen molar-refractivity contribution in [3.05, 3.63) is 0 Å². The quantitative estimate of drug-likeness (QED) is 0.615. The van der Waals surface area contributed by atoms with Crippen molar-refractivity contribution >= 4 is 14.3 Å². The third kappa shape index (κ3) is 8.86. The summed E-state index contributed by atoms with van der Waals surface area (Å²) in [7, 11) is 0. The van der Waals surface area contributed by atoms with E-state index in [0.29, 0.717) is 0 Å². The van der Waals surface area contributed by atoms with E-state index in [-0.39, 0.29) is 0 Å². The van der Waals surface area contributed by atoms with Crippen molar-refractivity contribution in [3.8, 4) is 0 Å². The van der Waals surface area contributed by atoms with Crippen molar-refractivity contribution in [2.24, 2.45) is 17.8 Å². The van der Waals surface area contributed by atoms with Crippen LogP contribution in [-0.4, -0.2) is 14.3 Å². The zero-order chi connectivity index (χ0) is 10.4. The first-order valence-corrected chi connectivity index (χ1v) is 11.1. The van der Waals surface area contributed by atoms with Gasteiger partial charge in [0, 0.05) is 0 Å². The zero-order valence-corrected chi connectivity index (χ0v) is 12.9. The molecule has 0 atom stereocenters. The summed E-state index contributed by atoms with van der Waals surface area (Å²) in [6.45, 7) is 14.3. The van der Waals surface area contributed by atoms with Gasteiger partial charge >= 0.3 is 89.4 Å². The Labute approximate surface area is 89.6 Å². The molecule has 0 spiro atoms. The van der Waals surface area contributed by atoms with Crippen LogP contribution in [0.15, 0.2) is 0 Å². The van der Waals surface area contributed by atoms with E-state index in [1.807, 2.05) is 0 Å². The van der Waals surface area contributed by atoms with Gasteiger partial charge in [0.05, 0.1) is 0 Å². The van der Waals surface area contributed by atoms with Gasteiger partial charge in [0.15, 0.2) is 0 Å². The second kappa shape index (κ2) is 6.92. The molecule has 0 aliphatic carbocycles. The average Bonchev–Trinajstić information content (AvgIpc) is 1.80. The average molecular weight is 245 g/mol. The molecule has 0 saturated heterocycles. The molecule has 0 aromatic heterocycles. The summed E-state index contributed by atoms with van der Waals surface area (Å²) in [5.74, 6) is 2.84. The van der Waals surface area contributed by atoms with E-state index in [0.717, 1.165) is 17.8 Å². The molecule has 0 rings (SSSR count). The second-order valence-electron chi connectivity index (χ2n) is 5.75. The normalized spacial score (nSPS) is 12.5. The van der Waals surface area contributed by atoms with E-state index in [4.69, 9.17) is 0 Å². The van der Waals surface area contributed by atoms with Crippen LogP contribution in [0.4, 0.5) is 0 Å². The first-order valence-electron chi connectivity index (χ1n) is 5.91. The molecule has 80 valence electrons. The van der Waals surface area contributed by atoms with Crippen molar-refractivity contribution in [2.45, 2.75) is 57.3 Å². The minimum absolute atomic E-state index is 0.885. The zero-order valence-electron chi connectivity index (χ0n) is 10.4. The van der Waals surface area contributed by atoms with E-state index in [1.165, 1.54) is 0 Å². The molecule has 0 bridgehead atoms. The first-order chi connectivity index (χ1) is 5.91. The summed E-state index contributed by atoms with van der Waals surface area (Å²) in [5, 5.41) is 4.80. The van der Waals surface area contributed by atoms with Crippen LogP contribution in [-0.2, 0) is 0 Å². The maximum atomic E-state index is 2.39. The molecule has 0 unspecified atom stereocenters. The van der Waals surface area contributed by atoms with Crippen molar-refractivity contribution < 1.29 is 0 Å². The van der Waals surface area contributed by atoms with E-state index in [2.05, 4.69) is 41.5 Å². The Bertz CT molecular complexity index is 92.5. The molecular formula is C12H28Ge. The number of hydrogen-bond acceptors (Lipinski definition) is 0. The minimum atomic E-state index is -0.885. The van der Waals surface area contributed by atoms with Crippen LogP contribution in [0.3, 0.4) is 0 Å². The van der Waals surface area contributed by atoms with Gasteiger partial charge in [0.2, 0.25) is 0 Å². The Balaban J connectivity index is 3.87. The van der Waals surface area contributed by atoms with Crippen molar-refractivity contribution in [2.75, 3.05) is 0 Å². The molecule has 0 amide bonds. The molecule has 0 saturated carbocycles. The SMILES string of the molecule is CC(C)[CH2][GeH]([CH2]C(C)C)[CH2]C(C)C. The molecule has 0 nitrogen and oxygen atoms in total. The van der Waals surface area contributed by atoms with Crippen LogP contribution in [0.25, 0.3) is 0 Å². The van der Waals surface area contributed by atoms with Crippen LogP contribution < -0.4 is 0 Å². The van der Waals surface area contributed by atoms with Gasteiger partial charge in [-0.25, -0.2) is 0 Å². The number of rotatable bonds is 6. The first kappa shape index (κ1) is 13.5. The van der Waals surface area contributed by atoms with Crippen molar-refractivity contribution in [1.82, 2.24) is 0 Å². The summed E-state index contributed by atoms with van der Waals surface area (Å²) in [4.78, 5) is 0. The van der Waals surface area contributed by atoms with Gasteiger partial charge in [-0.1, -0.05) is 0 Å². The molecular weight excluding hydrogens is 217 g/mol. The van der Waals surface area contributed by atoms with Crippen molar-refractivity contribution in [3.63, 3.8) is 0 Å². The maximum absolute atomic E-state index is 2.39. The molecule has 0 N–H and O–H groups in total. The van der Waals surface area contributed by atoms with Gasteiger partial charge in [-0.3, -0.25) is 0 Å². The fraction of sp³-hybridized carbons (Fsp3) is 1.00. The molecule has 0 aliphatic rings. The summed E-state index contributed by atoms with van der Waals surface area (Å²) >= 11 is -0.885. The third-order valence-corrected chi connectivity index (χ3v) is 12.5. The summed E-state index contributed by atoms with van der Waals surface area (Å²) in [6.07, 6.45) is 0. The molecule has 1 heteroatoms.